The van der Waals surface area contributed by atoms with Crippen molar-refractivity contribution in [2.75, 3.05) is 0 Å². The maximum atomic E-state index is 11.7. The Kier molecular flexibility index (Phi) is 2.56. The first-order valence-corrected chi connectivity index (χ1v) is 5.10. The largest absolute Gasteiger partial charge is 0.618 e. The van der Waals surface area contributed by atoms with Gasteiger partial charge in [0.05, 0.1) is 5.56 Å². The molecule has 0 spiro atoms. The average Bonchev–Trinajstić information content (AvgIpc) is 2.22. The fraction of sp³-hybridized carbons (Fsp3) is 0.250. The van der Waals surface area contributed by atoms with E-state index in [2.05, 4.69) is 0 Å². The first-order valence-electron chi connectivity index (χ1n) is 5.10. The SMILES string of the molecule is CC1=C[N+](=O)C(c2ccc(C)[n+]([O-])c2)C=C1. The van der Waals surface area contributed by atoms with Crippen LogP contribution in [0.5, 0.6) is 0 Å². The highest BCUT2D eigenvalue weighted by Crippen LogP contribution is 2.22. The lowest BCUT2D eigenvalue weighted by atomic mass is 10.0. The molecule has 0 amide bonds. The lowest BCUT2D eigenvalue weighted by Gasteiger charge is -2.07. The molecule has 1 aliphatic heterocycles. The van der Waals surface area contributed by atoms with Gasteiger partial charge < -0.3 is 5.21 Å². The number of pyridine rings is 1. The van der Waals surface area contributed by atoms with Gasteiger partial charge in [-0.2, -0.15) is 4.73 Å². The zero-order valence-corrected chi connectivity index (χ0v) is 9.25. The van der Waals surface area contributed by atoms with Crippen LogP contribution < -0.4 is 4.73 Å². The van der Waals surface area contributed by atoms with Gasteiger partial charge in [0.2, 0.25) is 6.20 Å². The molecule has 0 aliphatic carbocycles. The van der Waals surface area contributed by atoms with Crippen LogP contribution in [0.4, 0.5) is 0 Å². The zero-order valence-electron chi connectivity index (χ0n) is 9.25. The highest BCUT2D eigenvalue weighted by atomic mass is 16.5. The maximum Gasteiger partial charge on any atom is 0.256 e. The van der Waals surface area contributed by atoms with E-state index in [-0.39, 0.29) is 0 Å². The second-order valence-electron chi connectivity index (χ2n) is 3.97. The second kappa shape index (κ2) is 3.89. The third kappa shape index (κ3) is 1.86. The van der Waals surface area contributed by atoms with Crippen molar-refractivity contribution in [2.24, 2.45) is 0 Å². The van der Waals surface area contributed by atoms with Crippen LogP contribution in [0.25, 0.3) is 0 Å². The summed E-state index contributed by atoms with van der Waals surface area (Å²) in [5.74, 6) is 0. The van der Waals surface area contributed by atoms with Crippen molar-refractivity contribution in [1.82, 2.24) is 0 Å². The van der Waals surface area contributed by atoms with Gasteiger partial charge in [0, 0.05) is 28.2 Å². The summed E-state index contributed by atoms with van der Waals surface area (Å²) in [5, 5.41) is 11.4. The Labute approximate surface area is 93.7 Å². The van der Waals surface area contributed by atoms with Crippen molar-refractivity contribution in [2.45, 2.75) is 19.9 Å². The van der Waals surface area contributed by atoms with E-state index in [4.69, 9.17) is 0 Å². The van der Waals surface area contributed by atoms with Gasteiger partial charge in [-0.05, 0) is 19.1 Å². The highest BCUT2D eigenvalue weighted by molar-refractivity contribution is 5.24. The summed E-state index contributed by atoms with van der Waals surface area (Å²) in [5.41, 5.74) is 2.23. The molecular formula is C12H13N2O2+. The molecule has 1 aromatic heterocycles. The molecule has 1 unspecified atom stereocenters. The Hall–Kier alpha value is -1.97. The molecule has 4 nitrogen and oxygen atoms in total. The molecule has 2 rings (SSSR count). The number of allylic oxidation sites excluding steroid dienone is 2. The average molecular weight is 217 g/mol. The van der Waals surface area contributed by atoms with E-state index in [1.165, 1.54) is 12.4 Å². The minimum Gasteiger partial charge on any atom is -0.618 e. The van der Waals surface area contributed by atoms with Gasteiger partial charge in [0.15, 0.2) is 11.9 Å². The van der Waals surface area contributed by atoms with Crippen LogP contribution in [-0.2, 0) is 0 Å². The van der Waals surface area contributed by atoms with E-state index < -0.39 is 6.04 Å². The van der Waals surface area contributed by atoms with E-state index >= 15 is 0 Å². The second-order valence-corrected chi connectivity index (χ2v) is 3.97. The quantitative estimate of drug-likeness (QED) is 0.533. The Morgan fingerprint density at radius 2 is 2.06 bits per heavy atom. The van der Waals surface area contributed by atoms with Crippen molar-refractivity contribution >= 4 is 0 Å². The number of nitrogens with zero attached hydrogens (tertiary/aromatic N) is 2. The number of rotatable bonds is 1. The third-order valence-electron chi connectivity index (χ3n) is 2.62. The predicted molar refractivity (Wildman–Crippen MR) is 59.4 cm³/mol. The number of aromatic nitrogens is 1. The molecule has 1 atom stereocenters. The summed E-state index contributed by atoms with van der Waals surface area (Å²) in [6.45, 7) is 3.59. The third-order valence-corrected chi connectivity index (χ3v) is 2.62. The Morgan fingerprint density at radius 1 is 1.31 bits per heavy atom. The van der Waals surface area contributed by atoms with Crippen LogP contribution in [0, 0.1) is 17.0 Å². The first-order chi connectivity index (χ1) is 7.58. The first kappa shape index (κ1) is 10.5. The van der Waals surface area contributed by atoms with Gasteiger partial charge in [0.25, 0.3) is 6.04 Å². The minimum absolute atomic E-state index is 0.399. The van der Waals surface area contributed by atoms with Gasteiger partial charge >= 0.3 is 0 Å². The topological polar surface area (TPSA) is 47.0 Å². The molecule has 0 bridgehead atoms. The van der Waals surface area contributed by atoms with Gasteiger partial charge in [-0.15, -0.1) is 0 Å². The molecule has 1 aliphatic rings. The van der Waals surface area contributed by atoms with E-state index in [0.717, 1.165) is 15.1 Å². The summed E-state index contributed by atoms with van der Waals surface area (Å²) < 4.78 is 1.64. The molecular weight excluding hydrogens is 204 g/mol. The van der Waals surface area contributed by atoms with Crippen LogP contribution in [0.15, 0.2) is 42.3 Å². The molecule has 4 heteroatoms. The minimum atomic E-state index is -0.399. The van der Waals surface area contributed by atoms with Gasteiger partial charge in [-0.1, -0.05) is 6.08 Å². The van der Waals surface area contributed by atoms with E-state index in [9.17, 15) is 10.1 Å². The standard InChI is InChI=1S/C12H13N2O2/c1-9-3-6-12(14(16)7-9)11-5-4-10(2)13(15)8-11/h3-8,12H,1-2H3/q+1. The molecule has 82 valence electrons. The van der Waals surface area contributed by atoms with E-state index in [1.54, 1.807) is 25.1 Å². The molecule has 0 aromatic carbocycles. The zero-order chi connectivity index (χ0) is 11.7. The number of nitroso groups, excluding NO2 is 1. The number of hydrogen-bond donors (Lipinski definition) is 0. The predicted octanol–water partition coefficient (Wildman–Crippen LogP) is 1.92. The summed E-state index contributed by atoms with van der Waals surface area (Å²) in [7, 11) is 0. The Morgan fingerprint density at radius 3 is 2.69 bits per heavy atom. The smallest absolute Gasteiger partial charge is 0.256 e. The molecule has 0 radical (unpaired) electrons. The van der Waals surface area contributed by atoms with Crippen molar-refractivity contribution in [3.05, 3.63) is 63.6 Å². The van der Waals surface area contributed by atoms with Crippen molar-refractivity contribution in [1.29, 1.82) is 0 Å². The van der Waals surface area contributed by atoms with Gasteiger partial charge in [0.1, 0.15) is 0 Å². The van der Waals surface area contributed by atoms with Crippen molar-refractivity contribution in [3.63, 3.8) is 0 Å². The van der Waals surface area contributed by atoms with Crippen LogP contribution in [0.1, 0.15) is 24.2 Å². The molecule has 0 fully saturated rings. The monoisotopic (exact) mass is 217 g/mol. The van der Waals surface area contributed by atoms with Crippen LogP contribution in [-0.4, -0.2) is 4.76 Å². The van der Waals surface area contributed by atoms with Crippen molar-refractivity contribution < 1.29 is 9.49 Å². The molecule has 0 saturated carbocycles. The number of aryl methyl sites for hydroxylation is 1. The van der Waals surface area contributed by atoms with E-state index in [1.807, 2.05) is 13.0 Å². The molecule has 0 saturated heterocycles. The lowest BCUT2D eigenvalue weighted by Crippen LogP contribution is -2.31. The molecule has 0 N–H and O–H groups in total. The maximum absolute atomic E-state index is 11.7. The van der Waals surface area contributed by atoms with Crippen LogP contribution in [0.2, 0.25) is 0 Å². The normalized spacial score (nSPS) is 19.8. The summed E-state index contributed by atoms with van der Waals surface area (Å²) in [6.07, 6.45) is 6.66. The van der Waals surface area contributed by atoms with Gasteiger partial charge in [-0.3, -0.25) is 0 Å². The van der Waals surface area contributed by atoms with E-state index in [0.29, 0.717) is 11.3 Å². The summed E-state index contributed by atoms with van der Waals surface area (Å²) in [4.78, 5) is 11.7. The number of hydrogen-bond acceptors (Lipinski definition) is 2. The molecule has 16 heavy (non-hydrogen) atoms. The Balaban J connectivity index is 2.36. The molecule has 1 aromatic rings. The fourth-order valence-electron chi connectivity index (χ4n) is 1.66. The highest BCUT2D eigenvalue weighted by Gasteiger charge is 2.27. The van der Waals surface area contributed by atoms with Crippen molar-refractivity contribution in [3.8, 4) is 0 Å². The molecule has 2 heterocycles. The van der Waals surface area contributed by atoms with Crippen LogP contribution >= 0.6 is 0 Å². The Bertz CT molecular complexity index is 504. The summed E-state index contributed by atoms with van der Waals surface area (Å²) >= 11 is 0. The van der Waals surface area contributed by atoms with Crippen LogP contribution in [0.3, 0.4) is 0 Å². The lowest BCUT2D eigenvalue weighted by molar-refractivity contribution is -0.614. The van der Waals surface area contributed by atoms with Gasteiger partial charge in [-0.25, -0.2) is 0 Å². The fourth-order valence-corrected chi connectivity index (χ4v) is 1.66. The summed E-state index contributed by atoms with van der Waals surface area (Å²) in [6, 6.07) is 3.12.